The van der Waals surface area contributed by atoms with Crippen LogP contribution >= 0.6 is 0 Å². The van der Waals surface area contributed by atoms with Crippen molar-refractivity contribution in [3.05, 3.63) is 0 Å². The van der Waals surface area contributed by atoms with E-state index in [1.165, 1.54) is 19.3 Å². The number of rotatable bonds is 7. The average Bonchev–Trinajstić information content (AvgIpc) is 3.36. The zero-order valence-corrected chi connectivity index (χ0v) is 14.8. The van der Waals surface area contributed by atoms with Crippen LogP contribution in [0.4, 0.5) is 26.3 Å². The molecule has 1 rings (SSSR count). The van der Waals surface area contributed by atoms with Crippen molar-refractivity contribution in [2.24, 2.45) is 22.4 Å². The molecule has 0 aromatic carbocycles. The van der Waals surface area contributed by atoms with Crippen molar-refractivity contribution >= 4 is 17.9 Å². The molecule has 1 fully saturated rings. The van der Waals surface area contributed by atoms with Crippen molar-refractivity contribution in [1.82, 2.24) is 5.32 Å². The fourth-order valence-electron chi connectivity index (χ4n) is 1.25. The minimum Gasteiger partial charge on any atom is -0.475 e. The van der Waals surface area contributed by atoms with Crippen LogP contribution in [0.3, 0.4) is 0 Å². The second kappa shape index (κ2) is 13.8. The molecule has 28 heavy (non-hydrogen) atoms. The van der Waals surface area contributed by atoms with E-state index in [1.54, 1.807) is 0 Å². The third-order valence-electron chi connectivity index (χ3n) is 2.89. The number of carboxylic acid groups (broad SMARTS) is 2. The molecule has 0 spiro atoms. The molecule has 0 aliphatic heterocycles. The lowest BCUT2D eigenvalue weighted by Crippen LogP contribution is -2.32. The molecule has 1 aliphatic rings. The molecule has 0 unspecified atom stereocenters. The third-order valence-corrected chi connectivity index (χ3v) is 2.89. The molecule has 1 aliphatic carbocycles. The lowest BCUT2D eigenvalue weighted by atomic mass is 10.2. The van der Waals surface area contributed by atoms with Crippen LogP contribution < -0.4 is 16.8 Å². The van der Waals surface area contributed by atoms with Crippen LogP contribution in [0, 0.1) is 5.92 Å². The largest absolute Gasteiger partial charge is 0.490 e. The molecule has 0 aromatic heterocycles. The van der Waals surface area contributed by atoms with Gasteiger partial charge in [-0.2, -0.15) is 26.3 Å². The third kappa shape index (κ3) is 20.1. The Morgan fingerprint density at radius 1 is 0.964 bits per heavy atom. The van der Waals surface area contributed by atoms with Crippen LogP contribution in [0.15, 0.2) is 4.99 Å². The summed E-state index contributed by atoms with van der Waals surface area (Å²) in [5.41, 5.74) is 11.1. The second-order valence-corrected chi connectivity index (χ2v) is 5.55. The van der Waals surface area contributed by atoms with Crippen molar-refractivity contribution < 1.29 is 46.1 Å². The number of aliphatic carboxylic acids is 2. The van der Waals surface area contributed by atoms with Crippen LogP contribution in [0.1, 0.15) is 32.1 Å². The van der Waals surface area contributed by atoms with Crippen LogP contribution in [0.25, 0.3) is 0 Å². The Balaban J connectivity index is 0. The van der Waals surface area contributed by atoms with E-state index in [0.29, 0.717) is 5.96 Å². The van der Waals surface area contributed by atoms with E-state index in [2.05, 4.69) is 10.3 Å². The van der Waals surface area contributed by atoms with Gasteiger partial charge in [0.15, 0.2) is 5.96 Å². The molecule has 8 nitrogen and oxygen atoms in total. The highest BCUT2D eigenvalue weighted by Crippen LogP contribution is 2.28. The molecule has 0 amide bonds. The molecular formula is C14H24F6N4O4. The van der Waals surface area contributed by atoms with Gasteiger partial charge in [-0.05, 0) is 38.1 Å². The van der Waals surface area contributed by atoms with Gasteiger partial charge in [-0.25, -0.2) is 9.59 Å². The maximum absolute atomic E-state index is 10.6. The maximum Gasteiger partial charge on any atom is 0.490 e. The predicted octanol–water partition coefficient (Wildman–Crippen LogP) is 1.70. The molecule has 0 heterocycles. The van der Waals surface area contributed by atoms with Crippen molar-refractivity contribution in [3.63, 3.8) is 0 Å². The topological polar surface area (TPSA) is 151 Å². The van der Waals surface area contributed by atoms with Gasteiger partial charge in [-0.1, -0.05) is 6.42 Å². The van der Waals surface area contributed by atoms with E-state index in [-0.39, 0.29) is 0 Å². The van der Waals surface area contributed by atoms with Gasteiger partial charge in [0, 0.05) is 13.1 Å². The number of hydrogen-bond donors (Lipinski definition) is 5. The van der Waals surface area contributed by atoms with E-state index in [0.717, 1.165) is 38.4 Å². The lowest BCUT2D eigenvalue weighted by molar-refractivity contribution is -0.193. The van der Waals surface area contributed by atoms with Crippen LogP contribution in [-0.2, 0) is 9.59 Å². The number of carboxylic acids is 2. The number of guanidine groups is 1. The number of hydrogen-bond acceptors (Lipinski definition) is 4. The number of alkyl halides is 6. The molecule has 1 saturated carbocycles. The molecule has 166 valence electrons. The number of unbranched alkanes of at least 4 members (excludes halogenated alkanes) is 2. The minimum absolute atomic E-state index is 0.602. The van der Waals surface area contributed by atoms with Gasteiger partial charge >= 0.3 is 24.3 Å². The minimum atomic E-state index is -5.08. The van der Waals surface area contributed by atoms with Gasteiger partial charge in [-0.3, -0.25) is 4.99 Å². The van der Waals surface area contributed by atoms with Crippen molar-refractivity contribution in [3.8, 4) is 0 Å². The summed E-state index contributed by atoms with van der Waals surface area (Å²) in [6.07, 6.45) is -4.13. The Morgan fingerprint density at radius 2 is 1.39 bits per heavy atom. The highest BCUT2D eigenvalue weighted by atomic mass is 19.4. The summed E-state index contributed by atoms with van der Waals surface area (Å²) in [5.74, 6) is -4.10. The summed E-state index contributed by atoms with van der Waals surface area (Å²) in [7, 11) is 0. The molecule has 0 bridgehead atoms. The molecule has 0 aromatic rings. The van der Waals surface area contributed by atoms with E-state index in [4.69, 9.17) is 31.3 Å². The van der Waals surface area contributed by atoms with Crippen LogP contribution in [-0.4, -0.2) is 60.1 Å². The van der Waals surface area contributed by atoms with Crippen LogP contribution in [0.2, 0.25) is 0 Å². The van der Waals surface area contributed by atoms with Gasteiger partial charge < -0.3 is 27.0 Å². The first kappa shape index (κ1) is 28.0. The zero-order valence-electron chi connectivity index (χ0n) is 14.8. The first-order chi connectivity index (χ1) is 12.7. The van der Waals surface area contributed by atoms with Crippen LogP contribution in [0.5, 0.6) is 0 Å². The number of aliphatic imine (C=N–C) groups is 1. The van der Waals surface area contributed by atoms with Gasteiger partial charge in [0.2, 0.25) is 0 Å². The smallest absolute Gasteiger partial charge is 0.475 e. The van der Waals surface area contributed by atoms with Gasteiger partial charge in [0.05, 0.1) is 0 Å². The number of nitrogens with two attached hydrogens (primary N) is 2. The van der Waals surface area contributed by atoms with E-state index >= 15 is 0 Å². The maximum atomic E-state index is 10.6. The Labute approximate surface area is 157 Å². The summed E-state index contributed by atoms with van der Waals surface area (Å²) in [4.78, 5) is 22.1. The summed E-state index contributed by atoms with van der Waals surface area (Å²) in [6.45, 7) is 2.60. The first-order valence-electron chi connectivity index (χ1n) is 8.05. The molecular weight excluding hydrogens is 402 g/mol. The Hall–Kier alpha value is -2.25. The quantitative estimate of drug-likeness (QED) is 0.180. The van der Waals surface area contributed by atoms with Gasteiger partial charge in [-0.15, -0.1) is 0 Å². The molecule has 0 saturated heterocycles. The summed E-state index contributed by atoms with van der Waals surface area (Å²) in [6, 6.07) is 0. The van der Waals surface area contributed by atoms with Gasteiger partial charge in [0.25, 0.3) is 0 Å². The number of halogens is 6. The summed E-state index contributed by atoms with van der Waals surface area (Å²) >= 11 is 0. The standard InChI is InChI=1S/C10H22N4.2C2HF3O2/c11-6-2-1-3-7-13-10(12)14-8-9-4-5-9;2*3-2(4,5)1(6)7/h9H,1-8,11H2,(H3,12,13,14);2*(H,6,7). The predicted molar refractivity (Wildman–Crippen MR) is 87.5 cm³/mol. The van der Waals surface area contributed by atoms with Gasteiger partial charge in [0.1, 0.15) is 0 Å². The SMILES string of the molecule is NCCCCCNC(N)=NCC1CC1.O=C(O)C(F)(F)F.O=C(O)C(F)(F)F. The molecule has 0 atom stereocenters. The molecule has 0 radical (unpaired) electrons. The Kier molecular flexibility index (Phi) is 13.8. The average molecular weight is 426 g/mol. The number of carbonyl (C=O) groups is 2. The number of nitrogens with one attached hydrogen (secondary N) is 1. The lowest BCUT2D eigenvalue weighted by Gasteiger charge is -2.04. The monoisotopic (exact) mass is 426 g/mol. The van der Waals surface area contributed by atoms with E-state index < -0.39 is 24.3 Å². The first-order valence-corrected chi connectivity index (χ1v) is 8.05. The highest BCUT2D eigenvalue weighted by molar-refractivity contribution is 5.77. The van der Waals surface area contributed by atoms with Crippen molar-refractivity contribution in [1.29, 1.82) is 0 Å². The molecule has 14 heteroatoms. The van der Waals surface area contributed by atoms with E-state index in [9.17, 15) is 26.3 Å². The highest BCUT2D eigenvalue weighted by Gasteiger charge is 2.38. The normalized spacial score (nSPS) is 14.2. The zero-order chi connectivity index (χ0) is 22.4. The Bertz CT molecular complexity index is 469. The molecule has 7 N–H and O–H groups in total. The number of nitrogens with zero attached hydrogens (tertiary/aromatic N) is 1. The fraction of sp³-hybridized carbons (Fsp3) is 0.786. The van der Waals surface area contributed by atoms with E-state index in [1.807, 2.05) is 0 Å². The van der Waals surface area contributed by atoms with Crippen molar-refractivity contribution in [2.75, 3.05) is 19.6 Å². The fourth-order valence-corrected chi connectivity index (χ4v) is 1.25. The summed E-state index contributed by atoms with van der Waals surface area (Å²) < 4.78 is 63.5. The second-order valence-electron chi connectivity index (χ2n) is 5.55. The van der Waals surface area contributed by atoms with Crippen molar-refractivity contribution in [2.45, 2.75) is 44.5 Å². The summed E-state index contributed by atoms with van der Waals surface area (Å²) in [5, 5.41) is 17.4. The Morgan fingerprint density at radius 3 is 1.71 bits per heavy atom.